The second-order valence-corrected chi connectivity index (χ2v) is 2.76. The summed E-state index contributed by atoms with van der Waals surface area (Å²) < 4.78 is 9.33. The molecule has 0 atom stereocenters. The maximum Gasteiger partial charge on any atom is 0.107 e. The quantitative estimate of drug-likeness (QED) is 0.719. The van der Waals surface area contributed by atoms with Crippen molar-refractivity contribution in [2.75, 3.05) is 20.8 Å². The molecule has 0 saturated carbocycles. The van der Waals surface area contributed by atoms with Gasteiger partial charge in [-0.15, -0.1) is 6.42 Å². The van der Waals surface area contributed by atoms with Crippen LogP contribution in [-0.2, 0) is 16.1 Å². The van der Waals surface area contributed by atoms with Crippen LogP contribution in [0.3, 0.4) is 0 Å². The van der Waals surface area contributed by atoms with Crippen LogP contribution in [0.4, 0.5) is 0 Å². The molecule has 0 amide bonds. The highest BCUT2D eigenvalue weighted by molar-refractivity contribution is 5.28. The number of methoxy groups -OCH3 is 2. The lowest BCUT2D eigenvalue weighted by Gasteiger charge is -1.96. The van der Waals surface area contributed by atoms with Crippen LogP contribution >= 0.6 is 0 Å². The zero-order chi connectivity index (χ0) is 12.2. The summed E-state index contributed by atoms with van der Waals surface area (Å²) in [5.41, 5.74) is 1.49. The van der Waals surface area contributed by atoms with Crippen molar-refractivity contribution in [1.82, 2.24) is 4.98 Å². The molecule has 0 saturated heterocycles. The molecular weight excluding hydrogens is 204 g/mol. The van der Waals surface area contributed by atoms with Gasteiger partial charge < -0.3 is 9.47 Å². The first-order chi connectivity index (χ1) is 7.78. The first-order valence-corrected chi connectivity index (χ1v) is 4.53. The van der Waals surface area contributed by atoms with Crippen molar-refractivity contribution < 1.29 is 9.47 Å². The summed E-state index contributed by atoms with van der Waals surface area (Å²) in [7, 11) is 3.18. The van der Waals surface area contributed by atoms with Gasteiger partial charge in [-0.05, 0) is 11.6 Å². The lowest BCUT2D eigenvalue weighted by atomic mass is 10.2. The van der Waals surface area contributed by atoms with Gasteiger partial charge in [0.2, 0.25) is 0 Å². The van der Waals surface area contributed by atoms with Crippen LogP contribution < -0.4 is 0 Å². The van der Waals surface area contributed by atoms with Crippen molar-refractivity contribution in [3.63, 3.8) is 0 Å². The molecule has 0 unspecified atom stereocenters. The number of nitriles is 1. The van der Waals surface area contributed by atoms with Gasteiger partial charge in [0.25, 0.3) is 0 Å². The van der Waals surface area contributed by atoms with Gasteiger partial charge in [0, 0.05) is 26.6 Å². The van der Waals surface area contributed by atoms with Crippen LogP contribution in [0.1, 0.15) is 11.1 Å². The molecule has 0 spiro atoms. The fourth-order valence-electron chi connectivity index (χ4n) is 0.878. The van der Waals surface area contributed by atoms with E-state index in [-0.39, 0.29) is 0 Å². The molecule has 0 aliphatic carbocycles. The minimum Gasteiger partial charge on any atom is -0.380 e. The fraction of sp³-hybridized carbons (Fsp3) is 0.333. The van der Waals surface area contributed by atoms with E-state index in [1.54, 1.807) is 26.5 Å². The van der Waals surface area contributed by atoms with Gasteiger partial charge in [0.05, 0.1) is 12.2 Å². The normalized spacial score (nSPS) is 8.25. The molecule has 4 nitrogen and oxygen atoms in total. The Morgan fingerprint density at radius 2 is 2.12 bits per heavy atom. The van der Waals surface area contributed by atoms with Crippen molar-refractivity contribution in [3.05, 3.63) is 29.6 Å². The molecule has 16 heavy (non-hydrogen) atoms. The van der Waals surface area contributed by atoms with E-state index in [1.807, 2.05) is 6.07 Å². The van der Waals surface area contributed by atoms with Crippen molar-refractivity contribution in [2.24, 2.45) is 0 Å². The molecule has 1 aromatic rings. The lowest BCUT2D eigenvalue weighted by Crippen LogP contribution is -1.89. The Kier molecular flexibility index (Phi) is 8.53. The van der Waals surface area contributed by atoms with E-state index in [2.05, 4.69) is 15.6 Å². The molecule has 1 aromatic heterocycles. The Morgan fingerprint density at radius 1 is 1.38 bits per heavy atom. The molecule has 0 N–H and O–H groups in total. The van der Waals surface area contributed by atoms with Gasteiger partial charge in [-0.1, -0.05) is 5.92 Å². The number of hydrogen-bond acceptors (Lipinski definition) is 4. The molecule has 0 fully saturated rings. The Hall–Kier alpha value is -1.88. The van der Waals surface area contributed by atoms with E-state index in [4.69, 9.17) is 16.4 Å². The summed E-state index contributed by atoms with van der Waals surface area (Å²) in [5.74, 6) is 2.30. The molecule has 84 valence electrons. The predicted molar refractivity (Wildman–Crippen MR) is 60.4 cm³/mol. The topological polar surface area (TPSA) is 55.1 Å². The van der Waals surface area contributed by atoms with Crippen LogP contribution in [-0.4, -0.2) is 25.8 Å². The third-order valence-corrected chi connectivity index (χ3v) is 1.46. The standard InChI is InChI=1S/C8H8N2O.C4H6O/c1-11-6-8-2-7(3-9)4-10-5-8;1-3-4-5-2/h2,4-5H,6H2,1H3;1H,4H2,2H3. The third-order valence-electron chi connectivity index (χ3n) is 1.46. The predicted octanol–water partition coefficient (Wildman–Crippen LogP) is 1.37. The Labute approximate surface area is 95.8 Å². The highest BCUT2D eigenvalue weighted by Gasteiger charge is 1.93. The number of hydrogen-bond donors (Lipinski definition) is 0. The van der Waals surface area contributed by atoms with Crippen molar-refractivity contribution in [2.45, 2.75) is 6.61 Å². The molecule has 0 aliphatic rings. The fourth-order valence-corrected chi connectivity index (χ4v) is 0.878. The molecule has 1 rings (SSSR count). The zero-order valence-corrected chi connectivity index (χ0v) is 9.43. The first kappa shape index (κ1) is 14.1. The second kappa shape index (κ2) is 9.67. The van der Waals surface area contributed by atoms with Crippen LogP contribution in [0, 0.1) is 23.7 Å². The molecule has 1 heterocycles. The molecule has 4 heteroatoms. The maximum atomic E-state index is 8.50. The van der Waals surface area contributed by atoms with Crippen molar-refractivity contribution >= 4 is 0 Å². The van der Waals surface area contributed by atoms with E-state index in [9.17, 15) is 0 Å². The van der Waals surface area contributed by atoms with Gasteiger partial charge >= 0.3 is 0 Å². The van der Waals surface area contributed by atoms with Gasteiger partial charge in [0.15, 0.2) is 0 Å². The number of ether oxygens (including phenoxy) is 2. The number of nitrogens with zero attached hydrogens (tertiary/aromatic N) is 2. The summed E-state index contributed by atoms with van der Waals surface area (Å²) in [6.07, 6.45) is 7.98. The second-order valence-electron chi connectivity index (χ2n) is 2.76. The minimum absolute atomic E-state index is 0.417. The number of rotatable bonds is 3. The minimum atomic E-state index is 0.417. The van der Waals surface area contributed by atoms with E-state index in [1.165, 1.54) is 6.20 Å². The highest BCUT2D eigenvalue weighted by atomic mass is 16.5. The van der Waals surface area contributed by atoms with Gasteiger partial charge in [-0.2, -0.15) is 5.26 Å². The monoisotopic (exact) mass is 218 g/mol. The summed E-state index contributed by atoms with van der Waals surface area (Å²) in [5, 5.41) is 8.50. The van der Waals surface area contributed by atoms with Gasteiger partial charge in [-0.25, -0.2) is 0 Å². The SMILES string of the molecule is C#CCOC.COCc1cncc(C#N)c1. The molecule has 0 radical (unpaired) electrons. The van der Waals surface area contributed by atoms with Crippen LogP contribution in [0.15, 0.2) is 18.5 Å². The number of pyridine rings is 1. The van der Waals surface area contributed by atoms with E-state index in [0.717, 1.165) is 5.56 Å². The molecule has 0 bridgehead atoms. The lowest BCUT2D eigenvalue weighted by molar-refractivity contribution is 0.184. The van der Waals surface area contributed by atoms with E-state index in [0.29, 0.717) is 18.8 Å². The van der Waals surface area contributed by atoms with Crippen LogP contribution in [0.5, 0.6) is 0 Å². The van der Waals surface area contributed by atoms with E-state index >= 15 is 0 Å². The van der Waals surface area contributed by atoms with Crippen LogP contribution in [0.25, 0.3) is 0 Å². The highest BCUT2D eigenvalue weighted by Crippen LogP contribution is 2.01. The van der Waals surface area contributed by atoms with Crippen molar-refractivity contribution in [1.29, 1.82) is 5.26 Å². The molecule has 0 aliphatic heterocycles. The number of aromatic nitrogens is 1. The maximum absolute atomic E-state index is 8.50. The summed E-state index contributed by atoms with van der Waals surface area (Å²) in [4.78, 5) is 3.87. The Bertz CT molecular complexity index is 377. The van der Waals surface area contributed by atoms with Gasteiger partial charge in [0.1, 0.15) is 12.7 Å². The average molecular weight is 218 g/mol. The summed E-state index contributed by atoms with van der Waals surface area (Å²) in [6.45, 7) is 0.919. The van der Waals surface area contributed by atoms with Crippen molar-refractivity contribution in [3.8, 4) is 18.4 Å². The molecular formula is C12H14N2O2. The number of terminal acetylenes is 1. The Morgan fingerprint density at radius 3 is 2.56 bits per heavy atom. The average Bonchev–Trinajstić information content (AvgIpc) is 2.32. The third kappa shape index (κ3) is 6.56. The summed E-state index contributed by atoms with van der Waals surface area (Å²) in [6, 6.07) is 3.77. The largest absolute Gasteiger partial charge is 0.380 e. The first-order valence-electron chi connectivity index (χ1n) is 4.53. The van der Waals surface area contributed by atoms with E-state index < -0.39 is 0 Å². The smallest absolute Gasteiger partial charge is 0.107 e. The van der Waals surface area contributed by atoms with Gasteiger partial charge in [-0.3, -0.25) is 4.98 Å². The zero-order valence-electron chi connectivity index (χ0n) is 9.43. The Balaban J connectivity index is 0.000000385. The molecule has 0 aromatic carbocycles. The van der Waals surface area contributed by atoms with Crippen LogP contribution in [0.2, 0.25) is 0 Å². The summed E-state index contributed by atoms with van der Waals surface area (Å²) >= 11 is 0.